The predicted molar refractivity (Wildman–Crippen MR) is 78.5 cm³/mol. The van der Waals surface area contributed by atoms with Crippen molar-refractivity contribution in [1.82, 2.24) is 9.97 Å². The van der Waals surface area contributed by atoms with E-state index in [9.17, 15) is 9.59 Å². The Morgan fingerprint density at radius 3 is 2.60 bits per heavy atom. The summed E-state index contributed by atoms with van der Waals surface area (Å²) < 4.78 is 0. The number of hydrogen-bond donors (Lipinski definition) is 2. The van der Waals surface area contributed by atoms with E-state index < -0.39 is 0 Å². The van der Waals surface area contributed by atoms with Gasteiger partial charge in [-0.2, -0.15) is 0 Å². The molecule has 100 valence electrons. The van der Waals surface area contributed by atoms with Gasteiger partial charge in [-0.3, -0.25) is 4.79 Å². The molecule has 0 fully saturated rings. The van der Waals surface area contributed by atoms with Crippen LogP contribution in [0.3, 0.4) is 0 Å². The Morgan fingerprint density at radius 2 is 1.80 bits per heavy atom. The molecule has 0 spiro atoms. The van der Waals surface area contributed by atoms with Gasteiger partial charge in [0.2, 0.25) is 0 Å². The molecule has 3 rings (SSSR count). The second kappa shape index (κ2) is 4.65. The number of benzene rings is 2. The van der Waals surface area contributed by atoms with E-state index in [2.05, 4.69) is 9.97 Å². The molecule has 0 saturated carbocycles. The number of aromatic amines is 2. The minimum atomic E-state index is -0.288. The maximum atomic E-state index is 12.5. The highest BCUT2D eigenvalue weighted by Gasteiger charge is 2.13. The van der Waals surface area contributed by atoms with Crippen molar-refractivity contribution in [3.8, 4) is 0 Å². The number of imidazole rings is 1. The summed E-state index contributed by atoms with van der Waals surface area (Å²) in [6.07, 6.45) is 0. The number of H-pyrrole nitrogens is 2. The van der Waals surface area contributed by atoms with Crippen LogP contribution in [0.4, 0.5) is 0 Å². The number of aromatic nitrogens is 2. The fraction of sp³-hybridized carbons (Fsp3) is 0.0667. The van der Waals surface area contributed by atoms with Gasteiger partial charge in [0.25, 0.3) is 0 Å². The molecule has 5 heteroatoms. The Bertz CT molecular complexity index is 877. The zero-order chi connectivity index (χ0) is 14.3. The number of ketones is 1. The Hall–Kier alpha value is -2.33. The third kappa shape index (κ3) is 2.14. The monoisotopic (exact) mass is 286 g/mol. The van der Waals surface area contributed by atoms with Crippen molar-refractivity contribution in [2.75, 3.05) is 0 Å². The molecule has 1 aromatic heterocycles. The number of carbonyl (C=O) groups is 1. The molecule has 0 amide bonds. The van der Waals surface area contributed by atoms with E-state index in [1.807, 2.05) is 13.0 Å². The minimum absolute atomic E-state index is 0.117. The van der Waals surface area contributed by atoms with Gasteiger partial charge in [-0.05, 0) is 42.8 Å². The van der Waals surface area contributed by atoms with Crippen LogP contribution in [0.25, 0.3) is 11.0 Å². The van der Waals surface area contributed by atoms with Crippen molar-refractivity contribution >= 4 is 28.4 Å². The standard InChI is InChI=1S/C15H11ClN2O2/c1-8-2-4-10(16)7-11(8)14(19)9-3-5-12-13(6-9)18-15(20)17-12/h2-7H,1H3,(H2,17,18,20). The number of nitrogens with one attached hydrogen (secondary N) is 2. The van der Waals surface area contributed by atoms with Crippen molar-refractivity contribution in [2.24, 2.45) is 0 Å². The molecule has 0 saturated heterocycles. The zero-order valence-electron chi connectivity index (χ0n) is 10.7. The molecule has 3 aromatic rings. The fourth-order valence-electron chi connectivity index (χ4n) is 2.17. The van der Waals surface area contributed by atoms with Crippen molar-refractivity contribution in [1.29, 1.82) is 0 Å². The number of halogens is 1. The average molecular weight is 287 g/mol. The maximum absolute atomic E-state index is 12.5. The van der Waals surface area contributed by atoms with Gasteiger partial charge in [-0.15, -0.1) is 0 Å². The Kier molecular flexibility index (Phi) is 2.95. The molecule has 0 aliphatic heterocycles. The van der Waals surface area contributed by atoms with Gasteiger partial charge in [-0.25, -0.2) is 4.79 Å². The molecule has 0 unspecified atom stereocenters. The highest BCUT2D eigenvalue weighted by molar-refractivity contribution is 6.31. The van der Waals surface area contributed by atoms with Gasteiger partial charge in [0.05, 0.1) is 11.0 Å². The molecule has 0 radical (unpaired) electrons. The normalized spacial score (nSPS) is 10.9. The van der Waals surface area contributed by atoms with Crippen LogP contribution in [0.2, 0.25) is 5.02 Å². The largest absolute Gasteiger partial charge is 0.323 e. The lowest BCUT2D eigenvalue weighted by atomic mass is 9.99. The lowest BCUT2D eigenvalue weighted by molar-refractivity contribution is 0.103. The average Bonchev–Trinajstić information content (AvgIpc) is 2.79. The molecular formula is C15H11ClN2O2. The first-order valence-corrected chi connectivity index (χ1v) is 6.45. The number of aryl methyl sites for hydroxylation is 1. The summed E-state index contributed by atoms with van der Waals surface area (Å²) in [5.74, 6) is -0.117. The van der Waals surface area contributed by atoms with Crippen LogP contribution in [-0.2, 0) is 0 Å². The van der Waals surface area contributed by atoms with Crippen LogP contribution in [0.5, 0.6) is 0 Å². The van der Waals surface area contributed by atoms with Crippen LogP contribution in [-0.4, -0.2) is 15.8 Å². The van der Waals surface area contributed by atoms with Gasteiger partial charge in [0.15, 0.2) is 5.78 Å². The summed E-state index contributed by atoms with van der Waals surface area (Å²) in [6, 6.07) is 10.3. The Balaban J connectivity index is 2.12. The smallest absolute Gasteiger partial charge is 0.306 e. The molecule has 0 atom stereocenters. The second-order valence-corrected chi connectivity index (χ2v) is 5.06. The van der Waals surface area contributed by atoms with Gasteiger partial charge >= 0.3 is 5.69 Å². The van der Waals surface area contributed by atoms with E-state index in [0.717, 1.165) is 5.56 Å². The van der Waals surface area contributed by atoms with Gasteiger partial charge in [-0.1, -0.05) is 17.7 Å². The first-order chi connectivity index (χ1) is 9.54. The van der Waals surface area contributed by atoms with E-state index in [1.54, 1.807) is 30.3 Å². The van der Waals surface area contributed by atoms with Crippen LogP contribution >= 0.6 is 11.6 Å². The summed E-state index contributed by atoms with van der Waals surface area (Å²) in [7, 11) is 0. The maximum Gasteiger partial charge on any atom is 0.323 e. The lowest BCUT2D eigenvalue weighted by Crippen LogP contribution is -2.03. The summed E-state index contributed by atoms with van der Waals surface area (Å²) in [5.41, 5.74) is 2.94. The second-order valence-electron chi connectivity index (χ2n) is 4.63. The molecule has 0 aliphatic carbocycles. The number of rotatable bonds is 2. The summed E-state index contributed by atoms with van der Waals surface area (Å²) >= 11 is 5.94. The Morgan fingerprint density at radius 1 is 1.05 bits per heavy atom. The first kappa shape index (κ1) is 12.7. The molecule has 20 heavy (non-hydrogen) atoms. The summed E-state index contributed by atoms with van der Waals surface area (Å²) in [6.45, 7) is 1.86. The third-order valence-electron chi connectivity index (χ3n) is 3.22. The van der Waals surface area contributed by atoms with Crippen molar-refractivity contribution < 1.29 is 4.79 Å². The van der Waals surface area contributed by atoms with E-state index in [1.165, 1.54) is 0 Å². The predicted octanol–water partition coefficient (Wildman–Crippen LogP) is 3.05. The van der Waals surface area contributed by atoms with E-state index in [0.29, 0.717) is 27.2 Å². The number of carbonyl (C=O) groups excluding carboxylic acids is 1. The van der Waals surface area contributed by atoms with Crippen LogP contribution in [0.15, 0.2) is 41.2 Å². The highest BCUT2D eigenvalue weighted by Crippen LogP contribution is 2.20. The minimum Gasteiger partial charge on any atom is -0.306 e. The van der Waals surface area contributed by atoms with Crippen molar-refractivity contribution in [2.45, 2.75) is 6.92 Å². The van der Waals surface area contributed by atoms with Crippen LogP contribution in [0, 0.1) is 6.92 Å². The molecule has 0 aliphatic rings. The van der Waals surface area contributed by atoms with Gasteiger partial charge < -0.3 is 9.97 Å². The van der Waals surface area contributed by atoms with Crippen molar-refractivity contribution in [3.05, 3.63) is 68.6 Å². The molecule has 2 aromatic carbocycles. The van der Waals surface area contributed by atoms with Crippen LogP contribution < -0.4 is 5.69 Å². The van der Waals surface area contributed by atoms with E-state index >= 15 is 0 Å². The summed E-state index contributed by atoms with van der Waals surface area (Å²) in [4.78, 5) is 29.0. The SMILES string of the molecule is Cc1ccc(Cl)cc1C(=O)c1ccc2[nH]c(=O)[nH]c2c1. The lowest BCUT2D eigenvalue weighted by Gasteiger charge is -2.05. The highest BCUT2D eigenvalue weighted by atomic mass is 35.5. The van der Waals surface area contributed by atoms with Crippen molar-refractivity contribution in [3.63, 3.8) is 0 Å². The molecule has 0 bridgehead atoms. The quantitative estimate of drug-likeness (QED) is 0.711. The zero-order valence-corrected chi connectivity index (χ0v) is 11.4. The summed E-state index contributed by atoms with van der Waals surface area (Å²) in [5, 5.41) is 0.523. The number of fused-ring (bicyclic) bond motifs is 1. The first-order valence-electron chi connectivity index (χ1n) is 6.07. The number of hydrogen-bond acceptors (Lipinski definition) is 2. The fourth-order valence-corrected chi connectivity index (χ4v) is 2.34. The van der Waals surface area contributed by atoms with Gasteiger partial charge in [0, 0.05) is 16.1 Å². The van der Waals surface area contributed by atoms with Gasteiger partial charge in [0.1, 0.15) is 0 Å². The molecular weight excluding hydrogens is 276 g/mol. The van der Waals surface area contributed by atoms with E-state index in [-0.39, 0.29) is 11.5 Å². The molecule has 4 nitrogen and oxygen atoms in total. The van der Waals surface area contributed by atoms with Crippen LogP contribution in [0.1, 0.15) is 21.5 Å². The third-order valence-corrected chi connectivity index (χ3v) is 3.46. The topological polar surface area (TPSA) is 65.7 Å². The van der Waals surface area contributed by atoms with E-state index in [4.69, 9.17) is 11.6 Å². The molecule has 1 heterocycles. The Labute approximate surface area is 119 Å². The molecule has 2 N–H and O–H groups in total.